The number of allylic oxidation sites excluding steroid dienone is 2. The van der Waals surface area contributed by atoms with Gasteiger partial charge in [-0.1, -0.05) is 24.4 Å². The first kappa shape index (κ1) is 17.4. The summed E-state index contributed by atoms with van der Waals surface area (Å²) in [5.74, 6) is 0.985. The minimum atomic E-state index is -0.0905. The van der Waals surface area contributed by atoms with Gasteiger partial charge in [-0.2, -0.15) is 0 Å². The van der Waals surface area contributed by atoms with Gasteiger partial charge in [0.2, 0.25) is 0 Å². The average molecular weight is 356 g/mol. The molecule has 3 rings (SSSR count). The Bertz CT molecular complexity index is 811. The predicted molar refractivity (Wildman–Crippen MR) is 102 cm³/mol. The number of rotatable bonds is 5. The summed E-state index contributed by atoms with van der Waals surface area (Å²) < 4.78 is 10.6. The lowest BCUT2D eigenvalue weighted by molar-refractivity contribution is 0.0817. The van der Waals surface area contributed by atoms with Crippen LogP contribution in [0.15, 0.2) is 51.9 Å². The topological polar surface area (TPSA) is 51.1 Å². The van der Waals surface area contributed by atoms with Crippen LogP contribution in [0, 0.1) is 0 Å². The highest BCUT2D eigenvalue weighted by Gasteiger charge is 2.33. The third kappa shape index (κ3) is 3.09. The Kier molecular flexibility index (Phi) is 4.99. The molecule has 0 aliphatic carbocycles. The van der Waals surface area contributed by atoms with Gasteiger partial charge in [-0.25, -0.2) is 0 Å². The van der Waals surface area contributed by atoms with Gasteiger partial charge >= 0.3 is 0 Å². The van der Waals surface area contributed by atoms with Crippen LogP contribution in [0.1, 0.15) is 23.7 Å². The predicted octanol–water partition coefficient (Wildman–Crippen LogP) is 4.30. The van der Waals surface area contributed by atoms with Crippen molar-refractivity contribution in [3.63, 3.8) is 0 Å². The van der Waals surface area contributed by atoms with Gasteiger partial charge in [0.05, 0.1) is 31.5 Å². The fraction of sp³-hybridized carbons (Fsp3) is 0.263. The van der Waals surface area contributed by atoms with E-state index in [9.17, 15) is 4.79 Å². The van der Waals surface area contributed by atoms with Crippen LogP contribution < -0.4 is 9.47 Å². The van der Waals surface area contributed by atoms with Crippen molar-refractivity contribution in [3.05, 3.63) is 52.4 Å². The van der Waals surface area contributed by atoms with Gasteiger partial charge in [0.25, 0.3) is 5.91 Å². The number of carbonyl (C=O) groups is 1. The first-order valence-electron chi connectivity index (χ1n) is 7.90. The summed E-state index contributed by atoms with van der Waals surface area (Å²) in [6, 6.07) is 3.34. The van der Waals surface area contributed by atoms with Crippen LogP contribution in [-0.4, -0.2) is 37.3 Å². The Labute approximate surface area is 151 Å². The summed E-state index contributed by atoms with van der Waals surface area (Å²) in [6.45, 7) is 5.75. The van der Waals surface area contributed by atoms with Crippen LogP contribution in [0.5, 0.6) is 11.5 Å². The molecule has 2 aliphatic rings. The van der Waals surface area contributed by atoms with E-state index in [1.54, 1.807) is 48.4 Å². The molecule has 1 aromatic carbocycles. The van der Waals surface area contributed by atoms with Crippen LogP contribution in [0.25, 0.3) is 0 Å². The Morgan fingerprint density at radius 1 is 1.36 bits per heavy atom. The van der Waals surface area contributed by atoms with Crippen molar-refractivity contribution < 1.29 is 14.3 Å². The van der Waals surface area contributed by atoms with E-state index in [1.807, 2.05) is 25.4 Å². The Morgan fingerprint density at radius 3 is 2.72 bits per heavy atom. The van der Waals surface area contributed by atoms with Gasteiger partial charge in [-0.05, 0) is 24.0 Å². The number of nitrogens with zero attached hydrogens (tertiary/aromatic N) is 2. The fourth-order valence-corrected chi connectivity index (χ4v) is 3.61. The second-order valence-corrected chi connectivity index (χ2v) is 6.59. The van der Waals surface area contributed by atoms with Crippen LogP contribution in [0.2, 0.25) is 0 Å². The van der Waals surface area contributed by atoms with Gasteiger partial charge in [0.15, 0.2) is 11.5 Å². The van der Waals surface area contributed by atoms with Crippen LogP contribution in [0.4, 0.5) is 5.69 Å². The van der Waals surface area contributed by atoms with Crippen molar-refractivity contribution in [1.82, 2.24) is 4.90 Å². The molecule has 0 fully saturated rings. The van der Waals surface area contributed by atoms with Crippen molar-refractivity contribution in [3.8, 4) is 11.5 Å². The highest BCUT2D eigenvalue weighted by atomic mass is 32.2. The van der Waals surface area contributed by atoms with E-state index in [-0.39, 0.29) is 11.9 Å². The highest BCUT2D eigenvalue weighted by Crippen LogP contribution is 2.40. The quantitative estimate of drug-likeness (QED) is 0.789. The number of fused-ring (bicyclic) bond motifs is 2. The maximum Gasteiger partial charge on any atom is 0.260 e. The molecule has 1 atom stereocenters. The maximum atomic E-state index is 13.1. The molecule has 0 bridgehead atoms. The zero-order valence-electron chi connectivity index (χ0n) is 14.5. The molecule has 1 aromatic rings. The summed E-state index contributed by atoms with van der Waals surface area (Å²) in [4.78, 5) is 20.4. The Hall–Kier alpha value is -2.47. The zero-order valence-corrected chi connectivity index (χ0v) is 15.3. The monoisotopic (exact) mass is 356 g/mol. The largest absolute Gasteiger partial charge is 0.493 e. The molecule has 5 nitrogen and oxygen atoms in total. The number of carbonyl (C=O) groups excluding carboxylic acids is 1. The van der Waals surface area contributed by atoms with E-state index in [1.165, 1.54) is 0 Å². The second kappa shape index (κ2) is 7.19. The number of aliphatic imine (C=N–C) groups is 1. The zero-order chi connectivity index (χ0) is 18.0. The number of methoxy groups -OCH3 is 2. The average Bonchev–Trinajstić information content (AvgIpc) is 3.02. The molecule has 130 valence electrons. The third-order valence-corrected chi connectivity index (χ3v) is 5.14. The van der Waals surface area contributed by atoms with Gasteiger partial charge in [-0.15, -0.1) is 0 Å². The van der Waals surface area contributed by atoms with Gasteiger partial charge < -0.3 is 14.4 Å². The molecule has 6 heteroatoms. The maximum absolute atomic E-state index is 13.1. The Balaban J connectivity index is 2.01. The molecule has 0 radical (unpaired) electrons. The van der Waals surface area contributed by atoms with Crippen molar-refractivity contribution in [2.24, 2.45) is 4.99 Å². The Morgan fingerprint density at radius 2 is 2.08 bits per heavy atom. The molecule has 0 spiro atoms. The molecule has 2 heterocycles. The van der Waals surface area contributed by atoms with E-state index in [0.717, 1.165) is 16.9 Å². The highest BCUT2D eigenvalue weighted by molar-refractivity contribution is 8.06. The molecular weight excluding hydrogens is 336 g/mol. The van der Waals surface area contributed by atoms with Crippen LogP contribution >= 0.6 is 11.8 Å². The van der Waals surface area contributed by atoms with E-state index in [0.29, 0.717) is 22.7 Å². The smallest absolute Gasteiger partial charge is 0.260 e. The minimum Gasteiger partial charge on any atom is -0.493 e. The fourth-order valence-electron chi connectivity index (χ4n) is 3.01. The summed E-state index contributed by atoms with van der Waals surface area (Å²) in [7, 11) is 3.12. The number of hydrogen-bond acceptors (Lipinski definition) is 5. The van der Waals surface area contributed by atoms with Crippen molar-refractivity contribution in [1.29, 1.82) is 0 Å². The van der Waals surface area contributed by atoms with Crippen molar-refractivity contribution >= 4 is 29.6 Å². The molecule has 1 amide bonds. The molecular formula is C19H20N2O3S. The number of ether oxygens (including phenoxy) is 2. The summed E-state index contributed by atoms with van der Waals surface area (Å²) >= 11 is 1.56. The molecule has 1 unspecified atom stereocenters. The molecule has 0 N–H and O–H groups in total. The van der Waals surface area contributed by atoms with Crippen LogP contribution in [0.3, 0.4) is 0 Å². The van der Waals surface area contributed by atoms with E-state index >= 15 is 0 Å². The van der Waals surface area contributed by atoms with Gasteiger partial charge in [-0.3, -0.25) is 9.79 Å². The number of thioether (sulfide) groups is 1. The lowest BCUT2D eigenvalue weighted by atomic mass is 10.1. The summed E-state index contributed by atoms with van der Waals surface area (Å²) in [6.07, 6.45) is 6.51. The normalized spacial score (nSPS) is 19.1. The van der Waals surface area contributed by atoms with E-state index in [2.05, 4.69) is 11.6 Å². The SMILES string of the molecule is C=CS/C(=C\C)C1=CN2C(=O)c3cc(OC)c(OC)cc3N=CC2C1. The van der Waals surface area contributed by atoms with Gasteiger partial charge in [0.1, 0.15) is 0 Å². The third-order valence-electron chi connectivity index (χ3n) is 4.22. The molecule has 0 saturated carbocycles. The first-order valence-corrected chi connectivity index (χ1v) is 8.78. The second-order valence-electron chi connectivity index (χ2n) is 5.58. The first-order chi connectivity index (χ1) is 12.1. The molecule has 2 aliphatic heterocycles. The molecule has 25 heavy (non-hydrogen) atoms. The van der Waals surface area contributed by atoms with Crippen molar-refractivity contribution in [2.75, 3.05) is 14.2 Å². The van der Waals surface area contributed by atoms with Gasteiger partial charge in [0, 0.05) is 29.8 Å². The van der Waals surface area contributed by atoms with E-state index in [4.69, 9.17) is 9.47 Å². The van der Waals surface area contributed by atoms with E-state index < -0.39 is 0 Å². The lowest BCUT2D eigenvalue weighted by Gasteiger charge is -2.18. The summed E-state index contributed by atoms with van der Waals surface area (Å²) in [5.41, 5.74) is 2.21. The molecule has 0 saturated heterocycles. The lowest BCUT2D eigenvalue weighted by Crippen LogP contribution is -2.32. The standard InChI is InChI=1S/C19H20N2O3S/c1-5-18(25-6-2)12-7-13-10-20-15-9-17(24-4)16(23-3)8-14(15)19(22)21(13)11-12/h5-6,8-11,13H,2,7H2,1,3-4H3/b18-5-. The van der Waals surface area contributed by atoms with Crippen LogP contribution in [-0.2, 0) is 0 Å². The number of hydrogen-bond donors (Lipinski definition) is 0. The van der Waals surface area contributed by atoms with Crippen molar-refractivity contribution in [2.45, 2.75) is 19.4 Å². The number of amides is 1. The molecule has 0 aromatic heterocycles. The summed E-state index contributed by atoms with van der Waals surface area (Å²) in [5, 5.41) is 1.79. The number of benzene rings is 1. The minimum absolute atomic E-state index is 0.0903.